The molecule has 0 spiro atoms. The van der Waals surface area contributed by atoms with E-state index in [1.54, 1.807) is 23.9 Å². The van der Waals surface area contributed by atoms with Crippen LogP contribution < -0.4 is 21.0 Å². The van der Waals surface area contributed by atoms with Crippen molar-refractivity contribution in [3.63, 3.8) is 0 Å². The van der Waals surface area contributed by atoms with Crippen molar-refractivity contribution < 1.29 is 23.4 Å². The smallest absolute Gasteiger partial charge is 0.271 e. The Morgan fingerprint density at radius 1 is 1.26 bits per heavy atom. The topological polar surface area (TPSA) is 140 Å². The predicted octanol–water partition coefficient (Wildman–Crippen LogP) is 3.41. The number of nitrogens with zero attached hydrogens (tertiary/aromatic N) is 4. The Kier molecular flexibility index (Phi) is 7.67. The van der Waals surface area contributed by atoms with Gasteiger partial charge in [-0.3, -0.25) is 19.1 Å². The third-order valence-corrected chi connectivity index (χ3v) is 7.01. The Balaban J connectivity index is 1.32. The van der Waals surface area contributed by atoms with Gasteiger partial charge in [0.2, 0.25) is 11.2 Å². The van der Waals surface area contributed by atoms with Crippen LogP contribution >= 0.6 is 0 Å². The molecule has 2 fully saturated rings. The van der Waals surface area contributed by atoms with Crippen LogP contribution in [0.25, 0.3) is 0 Å². The van der Waals surface area contributed by atoms with E-state index >= 15 is 0 Å². The minimum absolute atomic E-state index is 0.0228. The lowest BCUT2D eigenvalue weighted by Crippen LogP contribution is -2.36. The zero-order chi connectivity index (χ0) is 27.6. The van der Waals surface area contributed by atoms with Crippen molar-refractivity contribution in [3.05, 3.63) is 63.2 Å². The highest BCUT2D eigenvalue weighted by Gasteiger charge is 2.33. The van der Waals surface area contributed by atoms with Crippen molar-refractivity contribution in [2.45, 2.75) is 77.4 Å². The molecule has 1 aliphatic heterocycles. The maximum atomic E-state index is 13.5. The fraction of sp³-hybridized carbons (Fsp3) is 0.519. The molecule has 5 rings (SSSR count). The Morgan fingerprint density at radius 2 is 2.05 bits per heavy atom. The van der Waals surface area contributed by atoms with E-state index in [1.807, 2.05) is 13.8 Å². The van der Waals surface area contributed by atoms with Gasteiger partial charge in [0.15, 0.2) is 17.4 Å². The van der Waals surface area contributed by atoms with Crippen LogP contribution in [0.15, 0.2) is 50.9 Å². The number of aromatic nitrogens is 4. The standard InChI is InChI=1S/C27H33N5O7/c1-17-25(22(33)9-11-36-17)38-19-13-24(34)32(28-14-19)21(12-18-6-4-5-7-18)26(35)29-23-8-10-31(30-23)15-20-16-37-27(2,3)39-20/h8-11,13-14,18,20-21H,4-7,12,15-16H2,1-3H3,(H,29,30,35). The molecule has 12 heteroatoms. The Bertz CT molecular complexity index is 1440. The molecule has 0 bridgehead atoms. The highest BCUT2D eigenvalue weighted by atomic mass is 16.7. The van der Waals surface area contributed by atoms with Crippen molar-refractivity contribution in [2.24, 2.45) is 5.92 Å². The molecular formula is C27H33N5O7. The number of hydrogen-bond acceptors (Lipinski definition) is 9. The second-order valence-corrected chi connectivity index (χ2v) is 10.5. The fourth-order valence-corrected chi connectivity index (χ4v) is 5.11. The lowest BCUT2D eigenvalue weighted by atomic mass is 9.98. The molecule has 12 nitrogen and oxygen atoms in total. The van der Waals surface area contributed by atoms with Gasteiger partial charge in [0.05, 0.1) is 25.6 Å². The van der Waals surface area contributed by atoms with Crippen LogP contribution in [0.2, 0.25) is 0 Å². The molecule has 0 aromatic carbocycles. The van der Waals surface area contributed by atoms with Gasteiger partial charge in [-0.2, -0.15) is 10.2 Å². The Morgan fingerprint density at radius 3 is 2.74 bits per heavy atom. The summed E-state index contributed by atoms with van der Waals surface area (Å²) in [5.74, 6) is 0.00638. The molecule has 1 saturated carbocycles. The molecule has 4 heterocycles. The second kappa shape index (κ2) is 11.1. The van der Waals surface area contributed by atoms with E-state index in [9.17, 15) is 14.4 Å². The minimum Gasteiger partial charge on any atom is -0.465 e. The normalized spacial score (nSPS) is 19.7. The third-order valence-electron chi connectivity index (χ3n) is 7.01. The number of nitrogens with one attached hydrogen (secondary N) is 1. The first-order chi connectivity index (χ1) is 18.7. The van der Waals surface area contributed by atoms with Gasteiger partial charge in [-0.05, 0) is 33.1 Å². The summed E-state index contributed by atoms with van der Waals surface area (Å²) in [4.78, 5) is 38.7. The fourth-order valence-electron chi connectivity index (χ4n) is 5.11. The monoisotopic (exact) mass is 539 g/mol. The number of carbonyl (C=O) groups is 1. The van der Waals surface area contributed by atoms with E-state index in [-0.39, 0.29) is 34.7 Å². The predicted molar refractivity (Wildman–Crippen MR) is 140 cm³/mol. The summed E-state index contributed by atoms with van der Waals surface area (Å²) in [5.41, 5.74) is -0.897. The summed E-state index contributed by atoms with van der Waals surface area (Å²) in [6.45, 7) is 6.25. The molecular weight excluding hydrogens is 506 g/mol. The lowest BCUT2D eigenvalue weighted by molar-refractivity contribution is -0.139. The number of ether oxygens (including phenoxy) is 3. The summed E-state index contributed by atoms with van der Waals surface area (Å²) in [6, 6.07) is 3.31. The summed E-state index contributed by atoms with van der Waals surface area (Å²) in [6.07, 6.45) is 8.87. The van der Waals surface area contributed by atoms with E-state index in [1.165, 1.54) is 29.3 Å². The molecule has 3 aromatic heterocycles. The van der Waals surface area contributed by atoms with Crippen molar-refractivity contribution >= 4 is 11.7 Å². The highest BCUT2D eigenvalue weighted by molar-refractivity contribution is 5.92. The van der Waals surface area contributed by atoms with Crippen LogP contribution in [0.5, 0.6) is 11.5 Å². The SMILES string of the molecule is Cc1occc(=O)c1Oc1cnn(C(CC2CCCC2)C(=O)Nc2ccn(CC3COC(C)(C)O3)n2)c(=O)c1. The van der Waals surface area contributed by atoms with Crippen LogP contribution in [-0.2, 0) is 20.8 Å². The summed E-state index contributed by atoms with van der Waals surface area (Å²) >= 11 is 0. The third kappa shape index (κ3) is 6.45. The van der Waals surface area contributed by atoms with Gasteiger partial charge in [0, 0.05) is 24.4 Å². The van der Waals surface area contributed by atoms with Gasteiger partial charge in [-0.15, -0.1) is 0 Å². The van der Waals surface area contributed by atoms with Gasteiger partial charge < -0.3 is 23.9 Å². The lowest BCUT2D eigenvalue weighted by Gasteiger charge is -2.21. The van der Waals surface area contributed by atoms with Crippen molar-refractivity contribution in [1.29, 1.82) is 0 Å². The second-order valence-electron chi connectivity index (χ2n) is 10.5. The van der Waals surface area contributed by atoms with Crippen LogP contribution in [-0.4, -0.2) is 44.0 Å². The molecule has 2 unspecified atom stereocenters. The first kappa shape index (κ1) is 26.8. The maximum absolute atomic E-state index is 13.5. The van der Waals surface area contributed by atoms with Crippen molar-refractivity contribution in [2.75, 3.05) is 11.9 Å². The molecule has 1 N–H and O–H groups in total. The number of hydrogen-bond donors (Lipinski definition) is 1. The van der Waals surface area contributed by atoms with E-state index in [0.717, 1.165) is 25.7 Å². The molecule has 1 amide bonds. The zero-order valence-corrected chi connectivity index (χ0v) is 22.3. The average Bonchev–Trinajstić information content (AvgIpc) is 3.63. The number of amides is 1. The molecule has 208 valence electrons. The number of aryl methyl sites for hydroxylation is 1. The van der Waals surface area contributed by atoms with Crippen molar-refractivity contribution in [1.82, 2.24) is 19.6 Å². The molecule has 1 saturated heterocycles. The first-order valence-corrected chi connectivity index (χ1v) is 13.2. The van der Waals surface area contributed by atoms with E-state index < -0.39 is 17.4 Å². The molecule has 2 aliphatic rings. The van der Waals surface area contributed by atoms with Gasteiger partial charge >= 0.3 is 0 Å². The van der Waals surface area contributed by atoms with Crippen LogP contribution in [0.1, 0.15) is 57.8 Å². The largest absolute Gasteiger partial charge is 0.465 e. The zero-order valence-electron chi connectivity index (χ0n) is 22.3. The first-order valence-electron chi connectivity index (χ1n) is 13.2. The van der Waals surface area contributed by atoms with Crippen LogP contribution in [0.4, 0.5) is 5.82 Å². The van der Waals surface area contributed by atoms with Crippen LogP contribution in [0, 0.1) is 12.8 Å². The van der Waals surface area contributed by atoms with E-state index in [4.69, 9.17) is 18.6 Å². The number of carbonyl (C=O) groups excluding carboxylic acids is 1. The van der Waals surface area contributed by atoms with E-state index in [2.05, 4.69) is 15.5 Å². The quantitative estimate of drug-likeness (QED) is 0.433. The molecule has 3 aromatic rings. The van der Waals surface area contributed by atoms with Gasteiger partial charge in [-0.1, -0.05) is 25.7 Å². The molecule has 39 heavy (non-hydrogen) atoms. The van der Waals surface area contributed by atoms with Crippen LogP contribution in [0.3, 0.4) is 0 Å². The number of rotatable bonds is 9. The molecule has 1 aliphatic carbocycles. The van der Waals surface area contributed by atoms with Gasteiger partial charge in [0.1, 0.15) is 17.9 Å². The van der Waals surface area contributed by atoms with Gasteiger partial charge in [0.25, 0.3) is 11.5 Å². The van der Waals surface area contributed by atoms with Crippen molar-refractivity contribution in [3.8, 4) is 11.5 Å². The Labute approximate surface area is 224 Å². The maximum Gasteiger partial charge on any atom is 0.271 e. The minimum atomic E-state index is -0.837. The molecule has 2 atom stereocenters. The molecule has 0 radical (unpaired) electrons. The van der Waals surface area contributed by atoms with Gasteiger partial charge in [-0.25, -0.2) is 4.68 Å². The summed E-state index contributed by atoms with van der Waals surface area (Å²) < 4.78 is 25.1. The summed E-state index contributed by atoms with van der Waals surface area (Å²) in [5, 5.41) is 11.6. The van der Waals surface area contributed by atoms with E-state index in [0.29, 0.717) is 31.3 Å². The Hall–Kier alpha value is -3.77. The summed E-state index contributed by atoms with van der Waals surface area (Å²) in [7, 11) is 0. The number of anilines is 1. The highest BCUT2D eigenvalue weighted by Crippen LogP contribution is 2.32. The average molecular weight is 540 g/mol.